The summed E-state index contributed by atoms with van der Waals surface area (Å²) >= 11 is 0. The summed E-state index contributed by atoms with van der Waals surface area (Å²) < 4.78 is 3.82. The first-order chi connectivity index (χ1) is 14.6. The van der Waals surface area contributed by atoms with E-state index in [-0.39, 0.29) is 5.91 Å². The van der Waals surface area contributed by atoms with Crippen molar-refractivity contribution >= 4 is 5.91 Å². The number of nitrogens with zero attached hydrogens (tertiary/aromatic N) is 4. The van der Waals surface area contributed by atoms with Gasteiger partial charge in [-0.05, 0) is 50.6 Å². The van der Waals surface area contributed by atoms with E-state index in [9.17, 15) is 4.79 Å². The van der Waals surface area contributed by atoms with Crippen molar-refractivity contribution in [3.8, 4) is 11.5 Å². The molecule has 0 aliphatic rings. The molecule has 0 spiro atoms. The molecule has 0 fully saturated rings. The van der Waals surface area contributed by atoms with Gasteiger partial charge in [0, 0.05) is 25.5 Å². The van der Waals surface area contributed by atoms with E-state index in [1.165, 1.54) is 5.56 Å². The lowest BCUT2D eigenvalue weighted by Gasteiger charge is -2.22. The summed E-state index contributed by atoms with van der Waals surface area (Å²) in [6.07, 6.45) is 3.90. The zero-order valence-corrected chi connectivity index (χ0v) is 17.6. The second-order valence-corrected chi connectivity index (χ2v) is 7.43. The molecule has 0 unspecified atom stereocenters. The van der Waals surface area contributed by atoms with Gasteiger partial charge in [-0.2, -0.15) is 5.10 Å². The minimum atomic E-state index is -0.0130. The van der Waals surface area contributed by atoms with Gasteiger partial charge in [0.2, 0.25) is 0 Å². The largest absolute Gasteiger partial charge is 0.334 e. The molecule has 152 valence electrons. The van der Waals surface area contributed by atoms with Crippen LogP contribution in [0.15, 0.2) is 79.1 Å². The molecular weight excluding hydrogens is 372 g/mol. The van der Waals surface area contributed by atoms with Crippen LogP contribution in [0.3, 0.4) is 0 Å². The second-order valence-electron chi connectivity index (χ2n) is 7.43. The standard InChI is InChI=1S/C25H26N4O/c1-4-27(18-21-10-6-5-7-11-21)25(30)23-20(3)26-29(22-14-12-19(2)13-15-22)24(23)28-16-8-9-17-28/h5-17H,4,18H2,1-3H3. The van der Waals surface area contributed by atoms with Crippen LogP contribution in [0.2, 0.25) is 0 Å². The SMILES string of the molecule is CCN(Cc1ccccc1)C(=O)c1c(C)nn(-c2ccc(C)cc2)c1-n1cccc1. The fourth-order valence-electron chi connectivity index (χ4n) is 3.63. The third-order valence-corrected chi connectivity index (χ3v) is 5.26. The maximum Gasteiger partial charge on any atom is 0.259 e. The molecule has 30 heavy (non-hydrogen) atoms. The first-order valence-corrected chi connectivity index (χ1v) is 10.2. The summed E-state index contributed by atoms with van der Waals surface area (Å²) in [6, 6.07) is 22.2. The fraction of sp³-hybridized carbons (Fsp3) is 0.200. The van der Waals surface area contributed by atoms with Gasteiger partial charge >= 0.3 is 0 Å². The molecular formula is C25H26N4O. The summed E-state index contributed by atoms with van der Waals surface area (Å²) in [4.78, 5) is 15.5. The summed E-state index contributed by atoms with van der Waals surface area (Å²) in [5.41, 5.74) is 4.57. The molecule has 5 nitrogen and oxygen atoms in total. The van der Waals surface area contributed by atoms with Crippen molar-refractivity contribution in [2.24, 2.45) is 0 Å². The van der Waals surface area contributed by atoms with Crippen molar-refractivity contribution in [3.05, 3.63) is 102 Å². The van der Waals surface area contributed by atoms with Crippen LogP contribution < -0.4 is 0 Å². The van der Waals surface area contributed by atoms with Gasteiger partial charge in [-0.1, -0.05) is 48.0 Å². The molecule has 5 heteroatoms. The number of benzene rings is 2. The highest BCUT2D eigenvalue weighted by atomic mass is 16.2. The van der Waals surface area contributed by atoms with Crippen molar-refractivity contribution in [3.63, 3.8) is 0 Å². The third kappa shape index (κ3) is 3.79. The Morgan fingerprint density at radius 2 is 1.60 bits per heavy atom. The topological polar surface area (TPSA) is 43.1 Å². The van der Waals surface area contributed by atoms with Crippen molar-refractivity contribution in [1.29, 1.82) is 0 Å². The average Bonchev–Trinajstić information content (AvgIpc) is 3.40. The lowest BCUT2D eigenvalue weighted by Crippen LogP contribution is -2.31. The highest BCUT2D eigenvalue weighted by Crippen LogP contribution is 2.25. The highest BCUT2D eigenvalue weighted by Gasteiger charge is 2.27. The molecule has 4 aromatic rings. The third-order valence-electron chi connectivity index (χ3n) is 5.26. The lowest BCUT2D eigenvalue weighted by molar-refractivity contribution is 0.0752. The van der Waals surface area contributed by atoms with Crippen molar-refractivity contribution in [1.82, 2.24) is 19.2 Å². The van der Waals surface area contributed by atoms with Crippen LogP contribution >= 0.6 is 0 Å². The van der Waals surface area contributed by atoms with E-state index in [1.807, 2.05) is 95.0 Å². The predicted octanol–water partition coefficient (Wildman–Crippen LogP) is 4.94. The van der Waals surface area contributed by atoms with Crippen molar-refractivity contribution in [2.75, 3.05) is 6.54 Å². The Bertz CT molecular complexity index is 1130. The van der Waals surface area contributed by atoms with Gasteiger partial charge in [-0.3, -0.25) is 4.79 Å². The van der Waals surface area contributed by atoms with E-state index in [0.29, 0.717) is 18.7 Å². The molecule has 0 bridgehead atoms. The fourth-order valence-corrected chi connectivity index (χ4v) is 3.63. The van der Waals surface area contributed by atoms with Gasteiger partial charge in [0.15, 0.2) is 5.82 Å². The van der Waals surface area contributed by atoms with Gasteiger partial charge in [-0.15, -0.1) is 0 Å². The van der Waals surface area contributed by atoms with Crippen molar-refractivity contribution in [2.45, 2.75) is 27.3 Å². The monoisotopic (exact) mass is 398 g/mol. The van der Waals surface area contributed by atoms with E-state index >= 15 is 0 Å². The molecule has 4 rings (SSSR count). The molecule has 0 aliphatic carbocycles. The van der Waals surface area contributed by atoms with Crippen LogP contribution in [0.5, 0.6) is 0 Å². The molecule has 0 radical (unpaired) electrons. The van der Waals surface area contributed by atoms with Gasteiger partial charge in [0.25, 0.3) is 5.91 Å². The zero-order chi connectivity index (χ0) is 21.1. The van der Waals surface area contributed by atoms with Crippen LogP contribution in [0.25, 0.3) is 11.5 Å². The summed E-state index contributed by atoms with van der Waals surface area (Å²) in [6.45, 7) is 7.16. The number of hydrogen-bond acceptors (Lipinski definition) is 2. The Morgan fingerprint density at radius 1 is 0.933 bits per heavy atom. The Hall–Kier alpha value is -3.60. The summed E-state index contributed by atoms with van der Waals surface area (Å²) in [7, 11) is 0. The maximum absolute atomic E-state index is 13.7. The molecule has 1 amide bonds. The highest BCUT2D eigenvalue weighted by molar-refractivity contribution is 5.98. The smallest absolute Gasteiger partial charge is 0.259 e. The molecule has 2 heterocycles. The van der Waals surface area contributed by atoms with Crippen LogP contribution in [0.1, 0.15) is 34.1 Å². The summed E-state index contributed by atoms with van der Waals surface area (Å²) in [5.74, 6) is 0.749. The first-order valence-electron chi connectivity index (χ1n) is 10.2. The number of rotatable bonds is 6. The summed E-state index contributed by atoms with van der Waals surface area (Å²) in [5, 5.41) is 4.76. The Kier molecular flexibility index (Phi) is 5.53. The maximum atomic E-state index is 13.7. The van der Waals surface area contributed by atoms with Gasteiger partial charge in [0.1, 0.15) is 5.56 Å². The van der Waals surface area contributed by atoms with Gasteiger partial charge < -0.3 is 9.47 Å². The van der Waals surface area contributed by atoms with Gasteiger partial charge in [0.05, 0.1) is 11.4 Å². The number of aryl methyl sites for hydroxylation is 2. The molecule has 0 N–H and O–H groups in total. The van der Waals surface area contributed by atoms with E-state index in [1.54, 1.807) is 0 Å². The first kappa shape index (κ1) is 19.7. The molecule has 0 saturated carbocycles. The molecule has 2 aromatic carbocycles. The number of carbonyl (C=O) groups excluding carboxylic acids is 1. The Labute approximate surface area is 177 Å². The Morgan fingerprint density at radius 3 is 2.23 bits per heavy atom. The normalized spacial score (nSPS) is 10.9. The lowest BCUT2D eigenvalue weighted by atomic mass is 10.1. The average molecular weight is 399 g/mol. The number of aromatic nitrogens is 3. The zero-order valence-electron chi connectivity index (χ0n) is 17.6. The number of hydrogen-bond donors (Lipinski definition) is 0. The minimum absolute atomic E-state index is 0.0130. The van der Waals surface area contributed by atoms with Crippen LogP contribution in [0.4, 0.5) is 0 Å². The van der Waals surface area contributed by atoms with Crippen LogP contribution in [-0.4, -0.2) is 31.7 Å². The molecule has 0 aliphatic heterocycles. The van der Waals surface area contributed by atoms with E-state index in [2.05, 4.69) is 19.1 Å². The second kappa shape index (κ2) is 8.41. The molecule has 2 aromatic heterocycles. The van der Waals surface area contributed by atoms with Gasteiger partial charge in [-0.25, -0.2) is 4.68 Å². The van der Waals surface area contributed by atoms with Crippen LogP contribution in [-0.2, 0) is 6.54 Å². The predicted molar refractivity (Wildman–Crippen MR) is 119 cm³/mol. The van der Waals surface area contributed by atoms with Crippen LogP contribution in [0, 0.1) is 13.8 Å². The van der Waals surface area contributed by atoms with E-state index in [4.69, 9.17) is 5.10 Å². The van der Waals surface area contributed by atoms with E-state index < -0.39 is 0 Å². The number of amides is 1. The van der Waals surface area contributed by atoms with E-state index in [0.717, 1.165) is 22.8 Å². The number of carbonyl (C=O) groups is 1. The minimum Gasteiger partial charge on any atom is -0.334 e. The Balaban J connectivity index is 1.80. The van der Waals surface area contributed by atoms with Crippen molar-refractivity contribution < 1.29 is 4.79 Å². The molecule has 0 saturated heterocycles. The molecule has 0 atom stereocenters. The quantitative estimate of drug-likeness (QED) is 0.462.